The Balaban J connectivity index is 0.00000261. The number of fused-ring (bicyclic) bond motifs is 1. The van der Waals surface area contributed by atoms with E-state index < -0.39 is 0 Å². The van der Waals surface area contributed by atoms with Crippen LogP contribution in [-0.4, -0.2) is 59.0 Å². The number of aliphatic imine (C=N–C) groups is 1. The third-order valence-electron chi connectivity index (χ3n) is 5.47. The molecular weight excluding hydrogens is 455 g/mol. The van der Waals surface area contributed by atoms with Crippen LogP contribution in [0.1, 0.15) is 57.1 Å². The standard InChI is InChI=1S/C19H34N6O.HI/c1-3-20-19(24(2)12-8-16-9-13-26-14-10-16)21-15-18-23-22-17-7-5-4-6-11-25(17)18;/h16H,3-15H2,1-2H3,(H,20,21);1H. The minimum atomic E-state index is 0. The van der Waals surface area contributed by atoms with E-state index in [0.29, 0.717) is 6.54 Å². The highest BCUT2D eigenvalue weighted by atomic mass is 127. The summed E-state index contributed by atoms with van der Waals surface area (Å²) in [4.78, 5) is 7.09. The molecule has 1 saturated heterocycles. The summed E-state index contributed by atoms with van der Waals surface area (Å²) in [5.41, 5.74) is 0. The van der Waals surface area contributed by atoms with Gasteiger partial charge in [-0.05, 0) is 44.9 Å². The largest absolute Gasteiger partial charge is 0.381 e. The third-order valence-corrected chi connectivity index (χ3v) is 5.47. The van der Waals surface area contributed by atoms with Crippen molar-refractivity contribution in [2.75, 3.05) is 33.4 Å². The van der Waals surface area contributed by atoms with E-state index in [9.17, 15) is 0 Å². The molecule has 0 aromatic carbocycles. The molecule has 1 fully saturated rings. The fraction of sp³-hybridized carbons (Fsp3) is 0.842. The summed E-state index contributed by atoms with van der Waals surface area (Å²) in [5, 5.41) is 12.2. The van der Waals surface area contributed by atoms with Crippen LogP contribution in [0.15, 0.2) is 4.99 Å². The molecule has 1 N–H and O–H groups in total. The molecule has 7 nitrogen and oxygen atoms in total. The van der Waals surface area contributed by atoms with Crippen LogP contribution in [0.3, 0.4) is 0 Å². The summed E-state index contributed by atoms with van der Waals surface area (Å²) in [5.74, 6) is 3.87. The zero-order chi connectivity index (χ0) is 18.2. The summed E-state index contributed by atoms with van der Waals surface area (Å²) < 4.78 is 7.74. The SMILES string of the molecule is CCNC(=NCc1nnc2n1CCCCC2)N(C)CCC1CCOCC1.I. The lowest BCUT2D eigenvalue weighted by atomic mass is 9.96. The number of nitrogens with zero attached hydrogens (tertiary/aromatic N) is 5. The van der Waals surface area contributed by atoms with Gasteiger partial charge in [-0.25, -0.2) is 4.99 Å². The number of aryl methyl sites for hydroxylation is 1. The van der Waals surface area contributed by atoms with E-state index in [1.807, 2.05) is 0 Å². The molecule has 8 heteroatoms. The van der Waals surface area contributed by atoms with Crippen LogP contribution in [0.25, 0.3) is 0 Å². The number of hydrogen-bond acceptors (Lipinski definition) is 4. The number of guanidine groups is 1. The summed E-state index contributed by atoms with van der Waals surface area (Å²) in [6.45, 7) is 7.47. The number of halogens is 1. The monoisotopic (exact) mass is 490 g/mol. The van der Waals surface area contributed by atoms with Crippen molar-refractivity contribution in [1.29, 1.82) is 0 Å². The molecule has 0 spiro atoms. The molecule has 0 atom stereocenters. The van der Waals surface area contributed by atoms with Gasteiger partial charge in [0.2, 0.25) is 0 Å². The van der Waals surface area contributed by atoms with Gasteiger partial charge in [0.15, 0.2) is 11.8 Å². The lowest BCUT2D eigenvalue weighted by Gasteiger charge is -2.26. The maximum atomic E-state index is 5.46. The van der Waals surface area contributed by atoms with Crippen molar-refractivity contribution >= 4 is 29.9 Å². The first-order valence-corrected chi connectivity index (χ1v) is 10.3. The Bertz CT molecular complexity index is 585. The van der Waals surface area contributed by atoms with Crippen LogP contribution < -0.4 is 5.32 Å². The Labute approximate surface area is 180 Å². The zero-order valence-electron chi connectivity index (χ0n) is 16.8. The Morgan fingerprint density at radius 1 is 1.26 bits per heavy atom. The van der Waals surface area contributed by atoms with Gasteiger partial charge in [-0.3, -0.25) is 0 Å². The average molecular weight is 490 g/mol. The minimum absolute atomic E-state index is 0. The summed E-state index contributed by atoms with van der Waals surface area (Å²) in [7, 11) is 2.13. The number of ether oxygens (including phenoxy) is 1. The molecule has 0 unspecified atom stereocenters. The van der Waals surface area contributed by atoms with Gasteiger partial charge in [-0.2, -0.15) is 0 Å². The van der Waals surface area contributed by atoms with Gasteiger partial charge >= 0.3 is 0 Å². The summed E-state index contributed by atoms with van der Waals surface area (Å²) in [6.07, 6.45) is 8.34. The maximum absolute atomic E-state index is 5.46. The van der Waals surface area contributed by atoms with Gasteiger partial charge in [0.25, 0.3) is 0 Å². The van der Waals surface area contributed by atoms with Crippen LogP contribution in [0.4, 0.5) is 0 Å². The van der Waals surface area contributed by atoms with Crippen LogP contribution >= 0.6 is 24.0 Å². The van der Waals surface area contributed by atoms with E-state index >= 15 is 0 Å². The van der Waals surface area contributed by atoms with Gasteiger partial charge < -0.3 is 19.5 Å². The summed E-state index contributed by atoms with van der Waals surface area (Å²) in [6, 6.07) is 0. The highest BCUT2D eigenvalue weighted by Crippen LogP contribution is 2.18. The second kappa shape index (κ2) is 11.8. The van der Waals surface area contributed by atoms with Crippen molar-refractivity contribution in [3.8, 4) is 0 Å². The predicted molar refractivity (Wildman–Crippen MR) is 119 cm³/mol. The molecule has 154 valence electrons. The molecule has 2 aliphatic heterocycles. The van der Waals surface area contributed by atoms with Crippen molar-refractivity contribution in [2.45, 2.75) is 65.0 Å². The molecular formula is C19H35IN6O. The number of aromatic nitrogens is 3. The Kier molecular flexibility index (Phi) is 9.81. The van der Waals surface area contributed by atoms with Crippen LogP contribution in [0, 0.1) is 5.92 Å². The first-order chi connectivity index (χ1) is 12.8. The van der Waals surface area contributed by atoms with E-state index in [1.54, 1.807) is 0 Å². The van der Waals surface area contributed by atoms with Crippen LogP contribution in [0.5, 0.6) is 0 Å². The molecule has 3 heterocycles. The number of hydrogen-bond donors (Lipinski definition) is 1. The molecule has 27 heavy (non-hydrogen) atoms. The van der Waals surface area contributed by atoms with Gasteiger partial charge in [0.05, 0.1) is 0 Å². The quantitative estimate of drug-likeness (QED) is 0.378. The van der Waals surface area contributed by atoms with E-state index in [2.05, 4.69) is 39.0 Å². The van der Waals surface area contributed by atoms with Crippen molar-refractivity contribution in [3.05, 3.63) is 11.6 Å². The van der Waals surface area contributed by atoms with E-state index in [1.165, 1.54) is 38.5 Å². The molecule has 1 aromatic heterocycles. The predicted octanol–water partition coefficient (Wildman–Crippen LogP) is 2.84. The van der Waals surface area contributed by atoms with Gasteiger partial charge in [0.1, 0.15) is 12.4 Å². The lowest BCUT2D eigenvalue weighted by molar-refractivity contribution is 0.0625. The minimum Gasteiger partial charge on any atom is -0.381 e. The lowest BCUT2D eigenvalue weighted by Crippen LogP contribution is -2.40. The van der Waals surface area contributed by atoms with Gasteiger partial charge in [-0.1, -0.05) is 6.42 Å². The maximum Gasteiger partial charge on any atom is 0.194 e. The number of nitrogens with one attached hydrogen (secondary N) is 1. The van der Waals surface area contributed by atoms with E-state index in [-0.39, 0.29) is 24.0 Å². The Hall–Kier alpha value is -0.900. The van der Waals surface area contributed by atoms with Crippen LogP contribution in [-0.2, 0) is 24.2 Å². The van der Waals surface area contributed by atoms with Crippen molar-refractivity contribution in [2.24, 2.45) is 10.9 Å². The third kappa shape index (κ3) is 6.58. The first-order valence-electron chi connectivity index (χ1n) is 10.3. The second-order valence-electron chi connectivity index (χ2n) is 7.43. The topological polar surface area (TPSA) is 67.6 Å². The van der Waals surface area contributed by atoms with Crippen LogP contribution in [0.2, 0.25) is 0 Å². The highest BCUT2D eigenvalue weighted by molar-refractivity contribution is 14.0. The van der Waals surface area contributed by atoms with Crippen molar-refractivity contribution in [1.82, 2.24) is 25.0 Å². The molecule has 1 aromatic rings. The zero-order valence-corrected chi connectivity index (χ0v) is 19.2. The summed E-state index contributed by atoms with van der Waals surface area (Å²) >= 11 is 0. The van der Waals surface area contributed by atoms with Gasteiger partial charge in [-0.15, -0.1) is 34.2 Å². The molecule has 0 amide bonds. The molecule has 0 radical (unpaired) electrons. The first kappa shape index (κ1) is 22.4. The Morgan fingerprint density at radius 3 is 2.85 bits per heavy atom. The molecule has 2 aliphatic rings. The fourth-order valence-electron chi connectivity index (χ4n) is 3.79. The van der Waals surface area contributed by atoms with E-state index in [4.69, 9.17) is 9.73 Å². The molecule has 0 aliphatic carbocycles. The average Bonchev–Trinajstić information content (AvgIpc) is 2.90. The Morgan fingerprint density at radius 2 is 2.07 bits per heavy atom. The van der Waals surface area contributed by atoms with Gasteiger partial charge in [0, 0.05) is 46.3 Å². The van der Waals surface area contributed by atoms with Crippen molar-refractivity contribution in [3.63, 3.8) is 0 Å². The normalized spacial score (nSPS) is 18.4. The molecule has 0 saturated carbocycles. The van der Waals surface area contributed by atoms with Crippen molar-refractivity contribution < 1.29 is 4.74 Å². The molecule has 0 bridgehead atoms. The van der Waals surface area contributed by atoms with E-state index in [0.717, 1.165) is 62.8 Å². The smallest absolute Gasteiger partial charge is 0.194 e. The number of rotatable bonds is 6. The second-order valence-corrected chi connectivity index (χ2v) is 7.43. The highest BCUT2D eigenvalue weighted by Gasteiger charge is 2.17. The fourth-order valence-corrected chi connectivity index (χ4v) is 3.79. The molecule has 3 rings (SSSR count).